The minimum atomic E-state index is -0.0920. The topological polar surface area (TPSA) is 60.2 Å². The number of alkyl halides is 1. The molecule has 0 aromatic carbocycles. The summed E-state index contributed by atoms with van der Waals surface area (Å²) in [5.41, 5.74) is -0.0920. The maximum absolute atomic E-state index is 5.63. The molecule has 90 valence electrons. The maximum Gasteiger partial charge on any atom is 0.315 e. The number of aromatic nitrogens is 2. The van der Waals surface area contributed by atoms with Crippen molar-refractivity contribution in [2.75, 3.05) is 11.9 Å². The summed E-state index contributed by atoms with van der Waals surface area (Å²) < 4.78 is 10.9. The molecule has 2 rings (SSSR count). The molecule has 5 nitrogen and oxygen atoms in total. The van der Waals surface area contributed by atoms with Gasteiger partial charge in [0.05, 0.1) is 5.60 Å². The number of hydrogen-bond donors (Lipinski definition) is 1. The lowest BCUT2D eigenvalue weighted by molar-refractivity contribution is -0.0555. The van der Waals surface area contributed by atoms with E-state index in [1.807, 2.05) is 0 Å². The summed E-state index contributed by atoms with van der Waals surface area (Å²) in [6, 6.07) is 0.755. The molecular weight excluding hydrogens is 230 g/mol. The zero-order valence-electron chi connectivity index (χ0n) is 9.49. The molecule has 2 heterocycles. The highest BCUT2D eigenvalue weighted by Crippen LogP contribution is 2.26. The fourth-order valence-corrected chi connectivity index (χ4v) is 2.00. The predicted octanol–water partition coefficient (Wildman–Crippen LogP) is 2.18. The second-order valence-corrected chi connectivity index (χ2v) is 4.84. The highest BCUT2D eigenvalue weighted by molar-refractivity contribution is 6.16. The highest BCUT2D eigenvalue weighted by Gasteiger charge is 2.29. The number of nitrogens with zero attached hydrogens (tertiary/aromatic N) is 2. The molecule has 1 unspecified atom stereocenters. The molecule has 1 aromatic heterocycles. The van der Waals surface area contributed by atoms with Crippen LogP contribution in [0, 0.1) is 0 Å². The Morgan fingerprint density at radius 1 is 1.50 bits per heavy atom. The van der Waals surface area contributed by atoms with E-state index >= 15 is 0 Å². The molecule has 0 saturated carbocycles. The molecule has 1 N–H and O–H groups in total. The Bertz CT molecular complexity index is 354. The van der Waals surface area contributed by atoms with Crippen LogP contribution in [0.3, 0.4) is 0 Å². The fraction of sp³-hybridized carbons (Fsp3) is 0.800. The Morgan fingerprint density at radius 2 is 2.31 bits per heavy atom. The SMILES string of the molecule is CC1(C)CC(Nc2nnc(CCl)o2)CCO1. The van der Waals surface area contributed by atoms with E-state index in [1.165, 1.54) is 0 Å². The number of anilines is 1. The summed E-state index contributed by atoms with van der Waals surface area (Å²) in [6.45, 7) is 4.92. The molecule has 0 spiro atoms. The van der Waals surface area contributed by atoms with Crippen LogP contribution in [-0.2, 0) is 10.6 Å². The van der Waals surface area contributed by atoms with Crippen molar-refractivity contribution in [1.82, 2.24) is 10.2 Å². The molecule has 6 heteroatoms. The molecule has 16 heavy (non-hydrogen) atoms. The van der Waals surface area contributed by atoms with Crippen molar-refractivity contribution in [3.8, 4) is 0 Å². The normalized spacial score (nSPS) is 24.3. The van der Waals surface area contributed by atoms with Gasteiger partial charge in [-0.1, -0.05) is 5.10 Å². The van der Waals surface area contributed by atoms with Gasteiger partial charge < -0.3 is 14.5 Å². The molecule has 1 fully saturated rings. The average Bonchev–Trinajstić information content (AvgIpc) is 2.64. The third kappa shape index (κ3) is 2.86. The molecule has 0 radical (unpaired) electrons. The zero-order valence-corrected chi connectivity index (χ0v) is 10.3. The standard InChI is InChI=1S/C10H16ClN3O2/c1-10(2)5-7(3-4-15-10)12-9-14-13-8(6-11)16-9/h7H,3-6H2,1-2H3,(H,12,14). The maximum atomic E-state index is 5.63. The van der Waals surface area contributed by atoms with E-state index in [1.54, 1.807) is 0 Å². The first kappa shape index (κ1) is 11.7. The van der Waals surface area contributed by atoms with Crippen LogP contribution in [0.25, 0.3) is 0 Å². The number of hydrogen-bond acceptors (Lipinski definition) is 5. The van der Waals surface area contributed by atoms with Crippen molar-refractivity contribution in [1.29, 1.82) is 0 Å². The minimum absolute atomic E-state index is 0.0920. The van der Waals surface area contributed by atoms with Gasteiger partial charge in [0.25, 0.3) is 0 Å². The van der Waals surface area contributed by atoms with E-state index in [-0.39, 0.29) is 11.5 Å². The molecular formula is C10H16ClN3O2. The molecule has 0 bridgehead atoms. The lowest BCUT2D eigenvalue weighted by Gasteiger charge is -2.35. The molecule has 1 saturated heterocycles. The summed E-state index contributed by atoms with van der Waals surface area (Å²) in [6.07, 6.45) is 1.87. The van der Waals surface area contributed by atoms with Gasteiger partial charge in [0.2, 0.25) is 5.89 Å². The summed E-state index contributed by atoms with van der Waals surface area (Å²) in [4.78, 5) is 0. The molecule has 1 atom stereocenters. The molecule has 1 aliphatic heterocycles. The predicted molar refractivity (Wildman–Crippen MR) is 60.5 cm³/mol. The average molecular weight is 246 g/mol. The molecule has 1 aromatic rings. The van der Waals surface area contributed by atoms with Crippen LogP contribution < -0.4 is 5.32 Å². The number of rotatable bonds is 3. The van der Waals surface area contributed by atoms with Crippen LogP contribution in [0.5, 0.6) is 0 Å². The van der Waals surface area contributed by atoms with Gasteiger partial charge in [0, 0.05) is 12.6 Å². The van der Waals surface area contributed by atoms with Crippen LogP contribution in [0.4, 0.5) is 6.01 Å². The second kappa shape index (κ2) is 4.59. The lowest BCUT2D eigenvalue weighted by Crippen LogP contribution is -2.40. The van der Waals surface area contributed by atoms with Crippen LogP contribution in [0.15, 0.2) is 4.42 Å². The van der Waals surface area contributed by atoms with Crippen molar-refractivity contribution in [3.05, 3.63) is 5.89 Å². The number of halogens is 1. The van der Waals surface area contributed by atoms with Crippen molar-refractivity contribution in [2.45, 2.75) is 44.2 Å². The van der Waals surface area contributed by atoms with Crippen LogP contribution in [-0.4, -0.2) is 28.4 Å². The van der Waals surface area contributed by atoms with Gasteiger partial charge in [-0.3, -0.25) is 0 Å². The number of ether oxygens (including phenoxy) is 1. The van der Waals surface area contributed by atoms with Crippen LogP contribution in [0.1, 0.15) is 32.6 Å². The Kier molecular flexibility index (Phi) is 3.35. The van der Waals surface area contributed by atoms with Crippen molar-refractivity contribution >= 4 is 17.6 Å². The summed E-state index contributed by atoms with van der Waals surface area (Å²) in [7, 11) is 0. The monoisotopic (exact) mass is 245 g/mol. The molecule has 0 aliphatic carbocycles. The van der Waals surface area contributed by atoms with E-state index in [0.717, 1.165) is 19.4 Å². The second-order valence-electron chi connectivity index (χ2n) is 4.58. The third-order valence-electron chi connectivity index (χ3n) is 2.61. The Balaban J connectivity index is 1.94. The lowest BCUT2D eigenvalue weighted by atomic mass is 9.94. The Morgan fingerprint density at radius 3 is 2.94 bits per heavy atom. The third-order valence-corrected chi connectivity index (χ3v) is 2.83. The van der Waals surface area contributed by atoms with E-state index in [0.29, 0.717) is 17.9 Å². The van der Waals surface area contributed by atoms with Crippen molar-refractivity contribution in [3.63, 3.8) is 0 Å². The van der Waals surface area contributed by atoms with Gasteiger partial charge in [-0.25, -0.2) is 0 Å². The Labute approximate surface area is 99.5 Å². The van der Waals surface area contributed by atoms with Gasteiger partial charge in [0.1, 0.15) is 5.88 Å². The van der Waals surface area contributed by atoms with Crippen LogP contribution >= 0.6 is 11.6 Å². The summed E-state index contributed by atoms with van der Waals surface area (Å²) in [5.74, 6) is 0.684. The zero-order chi connectivity index (χ0) is 11.6. The Hall–Kier alpha value is -0.810. The van der Waals surface area contributed by atoms with E-state index in [4.69, 9.17) is 20.8 Å². The van der Waals surface area contributed by atoms with E-state index in [2.05, 4.69) is 29.4 Å². The van der Waals surface area contributed by atoms with Gasteiger partial charge in [0.15, 0.2) is 0 Å². The molecule has 1 aliphatic rings. The van der Waals surface area contributed by atoms with Crippen LogP contribution in [0.2, 0.25) is 0 Å². The van der Waals surface area contributed by atoms with Crippen molar-refractivity contribution in [2.24, 2.45) is 0 Å². The summed E-state index contributed by atoms with van der Waals surface area (Å²) in [5, 5.41) is 10.9. The first-order valence-electron chi connectivity index (χ1n) is 5.38. The van der Waals surface area contributed by atoms with Gasteiger partial charge >= 0.3 is 6.01 Å². The largest absolute Gasteiger partial charge is 0.407 e. The smallest absolute Gasteiger partial charge is 0.315 e. The van der Waals surface area contributed by atoms with Gasteiger partial charge in [-0.05, 0) is 26.7 Å². The quantitative estimate of drug-likeness (QED) is 0.827. The highest BCUT2D eigenvalue weighted by atomic mass is 35.5. The van der Waals surface area contributed by atoms with E-state index < -0.39 is 0 Å². The first-order valence-corrected chi connectivity index (χ1v) is 5.91. The molecule has 0 amide bonds. The van der Waals surface area contributed by atoms with Crippen molar-refractivity contribution < 1.29 is 9.15 Å². The van der Waals surface area contributed by atoms with Gasteiger partial charge in [-0.2, -0.15) is 0 Å². The summed E-state index contributed by atoms with van der Waals surface area (Å²) >= 11 is 5.58. The van der Waals surface area contributed by atoms with Gasteiger partial charge in [-0.15, -0.1) is 16.7 Å². The van der Waals surface area contributed by atoms with E-state index in [9.17, 15) is 0 Å². The first-order chi connectivity index (χ1) is 7.59. The number of nitrogens with one attached hydrogen (secondary N) is 1. The minimum Gasteiger partial charge on any atom is -0.407 e. The fourth-order valence-electron chi connectivity index (χ4n) is 1.90.